The van der Waals surface area contributed by atoms with E-state index in [-0.39, 0.29) is 12.2 Å². The van der Waals surface area contributed by atoms with Gasteiger partial charge in [-0.3, -0.25) is 9.36 Å². The first-order chi connectivity index (χ1) is 18.8. The number of aromatic nitrogens is 1. The molecule has 5 rings (SSSR count). The molecule has 3 heterocycles. The molecule has 0 fully saturated rings. The van der Waals surface area contributed by atoms with Crippen molar-refractivity contribution in [3.05, 3.63) is 113 Å². The molecular formula is C28H21ClI2N2O4S2. The van der Waals surface area contributed by atoms with E-state index >= 15 is 0 Å². The second-order valence-corrected chi connectivity index (χ2v) is 13.2. The van der Waals surface area contributed by atoms with Crippen LogP contribution in [-0.2, 0) is 16.1 Å². The Morgan fingerprint density at radius 3 is 2.59 bits per heavy atom. The topological polar surface area (TPSA) is 69.9 Å². The van der Waals surface area contributed by atoms with Crippen LogP contribution in [0.3, 0.4) is 0 Å². The maximum Gasteiger partial charge on any atom is 0.338 e. The van der Waals surface area contributed by atoms with Crippen LogP contribution in [0.2, 0.25) is 5.02 Å². The molecule has 0 aliphatic carbocycles. The number of hydrogen-bond donors (Lipinski definition) is 0. The minimum atomic E-state index is -0.580. The predicted molar refractivity (Wildman–Crippen MR) is 172 cm³/mol. The van der Waals surface area contributed by atoms with E-state index in [1.54, 1.807) is 18.4 Å². The Morgan fingerprint density at radius 1 is 1.18 bits per heavy atom. The number of nitrogens with zero attached hydrogens (tertiary/aromatic N) is 2. The highest BCUT2D eigenvalue weighted by molar-refractivity contribution is 14.1. The van der Waals surface area contributed by atoms with Gasteiger partial charge in [-0.1, -0.05) is 47.2 Å². The molecule has 0 amide bonds. The number of benzene rings is 2. The summed E-state index contributed by atoms with van der Waals surface area (Å²) in [6.45, 7) is 4.15. The lowest BCUT2D eigenvalue weighted by Gasteiger charge is -2.23. The molecule has 200 valence electrons. The lowest BCUT2D eigenvalue weighted by atomic mass is 10.0. The summed E-state index contributed by atoms with van der Waals surface area (Å²) < 4.78 is 15.4. The van der Waals surface area contributed by atoms with Crippen LogP contribution in [0.1, 0.15) is 35.9 Å². The fraction of sp³-hybridized carbons (Fsp3) is 0.179. The average molecular weight is 803 g/mol. The smallest absolute Gasteiger partial charge is 0.338 e. The fourth-order valence-electron chi connectivity index (χ4n) is 4.22. The Hall–Kier alpha value is -2.00. The summed E-state index contributed by atoms with van der Waals surface area (Å²) in [6.07, 6.45) is 1.86. The van der Waals surface area contributed by atoms with E-state index in [1.807, 2.05) is 60.0 Å². The predicted octanol–water partition coefficient (Wildman–Crippen LogP) is 6.30. The molecular weight excluding hydrogens is 782 g/mol. The van der Waals surface area contributed by atoms with Gasteiger partial charge in [-0.2, -0.15) is 0 Å². The van der Waals surface area contributed by atoms with Gasteiger partial charge in [-0.05, 0) is 100 Å². The third-order valence-electron chi connectivity index (χ3n) is 5.98. The van der Waals surface area contributed by atoms with Gasteiger partial charge < -0.3 is 9.47 Å². The molecule has 0 bridgehead atoms. The molecule has 6 nitrogen and oxygen atoms in total. The van der Waals surface area contributed by atoms with Crippen LogP contribution in [0, 0.1) is 7.14 Å². The van der Waals surface area contributed by atoms with E-state index in [9.17, 15) is 9.59 Å². The molecule has 1 atom stereocenters. The Bertz CT molecular complexity index is 1750. The van der Waals surface area contributed by atoms with Crippen molar-refractivity contribution in [3.63, 3.8) is 0 Å². The Kier molecular flexibility index (Phi) is 8.96. The van der Waals surface area contributed by atoms with Gasteiger partial charge in [-0.15, -0.1) is 11.3 Å². The quantitative estimate of drug-likeness (QED) is 0.163. The molecule has 11 heteroatoms. The van der Waals surface area contributed by atoms with E-state index in [1.165, 1.54) is 22.7 Å². The van der Waals surface area contributed by atoms with Crippen molar-refractivity contribution < 1.29 is 14.3 Å². The van der Waals surface area contributed by atoms with E-state index in [2.05, 4.69) is 50.2 Å². The Labute approximate surface area is 264 Å². The molecule has 0 unspecified atom stereocenters. The molecule has 4 aromatic rings. The molecule has 0 spiro atoms. The third-order valence-corrected chi connectivity index (χ3v) is 9.86. The van der Waals surface area contributed by atoms with Gasteiger partial charge in [0.05, 0.1) is 29.5 Å². The van der Waals surface area contributed by atoms with Crippen LogP contribution in [0.15, 0.2) is 75.0 Å². The number of thiazole rings is 1. The second-order valence-electron chi connectivity index (χ2n) is 8.51. The van der Waals surface area contributed by atoms with Crippen molar-refractivity contribution in [2.45, 2.75) is 26.5 Å². The highest BCUT2D eigenvalue weighted by Gasteiger charge is 2.33. The summed E-state index contributed by atoms with van der Waals surface area (Å²) in [5.74, 6) is 0.310. The minimum Gasteiger partial charge on any atom is -0.487 e. The number of ether oxygens (including phenoxy) is 2. The molecule has 0 saturated heterocycles. The number of halogens is 3. The normalized spacial score (nSPS) is 15.2. The SMILES string of the molecule is CCOC(=O)C1=C(C)N=c2sc(=Cc3cc(I)c(OCc4ccccc4Cl)c(I)c3)c(=O)n2[C@H]1c1cccs1. The zero-order valence-electron chi connectivity index (χ0n) is 20.7. The number of fused-ring (bicyclic) bond motifs is 1. The van der Waals surface area contributed by atoms with E-state index in [4.69, 9.17) is 21.1 Å². The van der Waals surface area contributed by atoms with Crippen molar-refractivity contribution in [1.29, 1.82) is 0 Å². The van der Waals surface area contributed by atoms with Gasteiger partial charge in [0, 0.05) is 15.5 Å². The molecule has 2 aromatic heterocycles. The minimum absolute atomic E-state index is 0.199. The van der Waals surface area contributed by atoms with Crippen LogP contribution < -0.4 is 19.6 Å². The first kappa shape index (κ1) is 28.5. The zero-order valence-corrected chi connectivity index (χ0v) is 27.4. The monoisotopic (exact) mass is 802 g/mol. The van der Waals surface area contributed by atoms with Crippen molar-refractivity contribution in [1.82, 2.24) is 4.57 Å². The molecule has 1 aliphatic rings. The number of hydrogen-bond acceptors (Lipinski definition) is 7. The first-order valence-corrected chi connectivity index (χ1v) is 16.1. The van der Waals surface area contributed by atoms with Gasteiger partial charge >= 0.3 is 5.97 Å². The third kappa shape index (κ3) is 5.90. The van der Waals surface area contributed by atoms with Gasteiger partial charge in [0.1, 0.15) is 18.4 Å². The number of carbonyl (C=O) groups excluding carboxylic acids is 1. The second kappa shape index (κ2) is 12.2. The summed E-state index contributed by atoms with van der Waals surface area (Å²) in [6, 6.07) is 14.8. The number of esters is 1. The standard InChI is InChI=1S/C28H21ClI2N2O4S2/c1-3-36-27(35)23-15(2)32-28-33(24(23)21-9-6-10-38-21)26(34)22(39-28)13-16-11-19(30)25(20(31)12-16)37-14-17-7-4-5-8-18(17)29/h4-13,24H,3,14H2,1-2H3/t24-/m0/s1. The van der Waals surface area contributed by atoms with Crippen LogP contribution >= 0.6 is 79.5 Å². The number of allylic oxidation sites excluding steroid dienone is 1. The fourth-order valence-corrected chi connectivity index (χ4v) is 8.41. The Morgan fingerprint density at radius 2 is 1.92 bits per heavy atom. The number of carbonyl (C=O) groups is 1. The lowest BCUT2D eigenvalue weighted by molar-refractivity contribution is -0.139. The van der Waals surface area contributed by atoms with E-state index in [0.717, 1.165) is 28.9 Å². The largest absolute Gasteiger partial charge is 0.487 e. The zero-order chi connectivity index (χ0) is 27.7. The molecule has 0 N–H and O–H groups in total. The van der Waals surface area contributed by atoms with Gasteiger partial charge in [0.15, 0.2) is 4.80 Å². The molecule has 2 aromatic carbocycles. The average Bonchev–Trinajstić information content (AvgIpc) is 3.52. The maximum absolute atomic E-state index is 13.8. The summed E-state index contributed by atoms with van der Waals surface area (Å²) in [5, 5.41) is 2.60. The summed E-state index contributed by atoms with van der Waals surface area (Å²) in [7, 11) is 0. The molecule has 0 saturated carbocycles. The number of thiophene rings is 1. The van der Waals surface area contributed by atoms with E-state index < -0.39 is 12.0 Å². The van der Waals surface area contributed by atoms with Gasteiger partial charge in [0.25, 0.3) is 5.56 Å². The summed E-state index contributed by atoms with van der Waals surface area (Å²) >= 11 is 13.6. The maximum atomic E-state index is 13.8. The first-order valence-electron chi connectivity index (χ1n) is 11.9. The Balaban J connectivity index is 1.54. The molecule has 1 aliphatic heterocycles. The van der Waals surface area contributed by atoms with Crippen LogP contribution in [0.25, 0.3) is 6.08 Å². The van der Waals surface area contributed by atoms with Crippen molar-refractivity contribution >= 4 is 91.5 Å². The van der Waals surface area contributed by atoms with Crippen molar-refractivity contribution in [2.24, 2.45) is 4.99 Å². The molecule has 39 heavy (non-hydrogen) atoms. The highest BCUT2D eigenvalue weighted by atomic mass is 127. The van der Waals surface area contributed by atoms with Gasteiger partial charge in [0.2, 0.25) is 0 Å². The van der Waals surface area contributed by atoms with Crippen LogP contribution in [0.5, 0.6) is 5.75 Å². The van der Waals surface area contributed by atoms with Crippen molar-refractivity contribution in [2.75, 3.05) is 6.61 Å². The van der Waals surface area contributed by atoms with Crippen molar-refractivity contribution in [3.8, 4) is 5.75 Å². The highest BCUT2D eigenvalue weighted by Crippen LogP contribution is 2.33. The summed E-state index contributed by atoms with van der Waals surface area (Å²) in [4.78, 5) is 32.7. The lowest BCUT2D eigenvalue weighted by Crippen LogP contribution is -2.39. The summed E-state index contributed by atoms with van der Waals surface area (Å²) in [5.41, 5.74) is 2.53. The molecule has 0 radical (unpaired) electrons. The van der Waals surface area contributed by atoms with Crippen LogP contribution in [-0.4, -0.2) is 17.1 Å². The number of rotatable bonds is 7. The van der Waals surface area contributed by atoms with Crippen LogP contribution in [0.4, 0.5) is 0 Å². The van der Waals surface area contributed by atoms with E-state index in [0.29, 0.717) is 32.2 Å². The van der Waals surface area contributed by atoms with Gasteiger partial charge in [-0.25, -0.2) is 9.79 Å².